The van der Waals surface area contributed by atoms with Gasteiger partial charge in [0.15, 0.2) is 4.67 Å². The van der Waals surface area contributed by atoms with Crippen LogP contribution in [0.15, 0.2) is 45.7 Å². The highest BCUT2D eigenvalue weighted by Gasteiger charge is 2.33. The number of hydrogen-bond acceptors (Lipinski definition) is 3. The highest BCUT2D eigenvalue weighted by molar-refractivity contribution is 9.10. The molecule has 21 heavy (non-hydrogen) atoms. The van der Waals surface area contributed by atoms with Crippen LogP contribution in [0.1, 0.15) is 27.4 Å². The van der Waals surface area contributed by atoms with Crippen LogP contribution in [0.3, 0.4) is 0 Å². The first-order valence-corrected chi connectivity index (χ1v) is 7.20. The van der Waals surface area contributed by atoms with Crippen molar-refractivity contribution >= 4 is 27.8 Å². The summed E-state index contributed by atoms with van der Waals surface area (Å²) in [6.45, 7) is 0.555. The van der Waals surface area contributed by atoms with E-state index >= 15 is 0 Å². The van der Waals surface area contributed by atoms with Gasteiger partial charge in [-0.15, -0.1) is 0 Å². The summed E-state index contributed by atoms with van der Waals surface area (Å²) in [7, 11) is 0. The second kappa shape index (κ2) is 5.37. The largest absolute Gasteiger partial charge is 0.481 e. The second-order valence-corrected chi connectivity index (χ2v) is 5.60. The van der Waals surface area contributed by atoms with Crippen LogP contribution in [-0.2, 0) is 11.3 Å². The Morgan fingerprint density at radius 2 is 2.05 bits per heavy atom. The molecule has 0 aliphatic carbocycles. The van der Waals surface area contributed by atoms with Crippen molar-refractivity contribution in [3.05, 3.63) is 58.0 Å². The Bertz CT molecular complexity index is 709. The zero-order valence-electron chi connectivity index (χ0n) is 11.0. The van der Waals surface area contributed by atoms with Crippen LogP contribution in [-0.4, -0.2) is 28.4 Å². The molecule has 1 atom stereocenters. The highest BCUT2D eigenvalue weighted by Crippen LogP contribution is 2.30. The number of rotatable bonds is 2. The van der Waals surface area contributed by atoms with Gasteiger partial charge in [0.2, 0.25) is 0 Å². The number of aliphatic carboxylic acids is 1. The van der Waals surface area contributed by atoms with E-state index in [4.69, 9.17) is 4.42 Å². The van der Waals surface area contributed by atoms with E-state index in [1.165, 1.54) is 11.2 Å². The summed E-state index contributed by atoms with van der Waals surface area (Å²) >= 11 is 3.18. The van der Waals surface area contributed by atoms with Crippen LogP contribution in [0, 0.1) is 0 Å². The van der Waals surface area contributed by atoms with E-state index < -0.39 is 11.9 Å². The number of carboxylic acid groups (broad SMARTS) is 1. The molecule has 0 saturated carbocycles. The summed E-state index contributed by atoms with van der Waals surface area (Å²) in [5.74, 6) is -1.87. The molecule has 2 aromatic rings. The molecule has 1 unspecified atom stereocenters. The molecule has 1 aromatic heterocycles. The number of fused-ring (bicyclic) bond motifs is 1. The Morgan fingerprint density at radius 3 is 2.71 bits per heavy atom. The molecule has 1 amide bonds. The molecule has 0 saturated heterocycles. The molecule has 0 bridgehead atoms. The topological polar surface area (TPSA) is 70.8 Å². The highest BCUT2D eigenvalue weighted by atomic mass is 79.9. The molecule has 0 radical (unpaired) electrons. The fraction of sp³-hybridized carbons (Fsp3) is 0.200. The molecule has 3 rings (SSSR count). The predicted molar refractivity (Wildman–Crippen MR) is 78.0 cm³/mol. The molecular weight excluding hydrogens is 338 g/mol. The molecule has 5 nitrogen and oxygen atoms in total. The maximum absolute atomic E-state index is 12.5. The molecule has 0 spiro atoms. The Labute approximate surface area is 129 Å². The number of carbonyl (C=O) groups is 2. The van der Waals surface area contributed by atoms with E-state index in [1.54, 1.807) is 6.07 Å². The van der Waals surface area contributed by atoms with Crippen LogP contribution in [0.25, 0.3) is 0 Å². The number of furan rings is 1. The summed E-state index contributed by atoms with van der Waals surface area (Å²) in [5, 5.41) is 9.40. The van der Waals surface area contributed by atoms with Gasteiger partial charge in [-0.1, -0.05) is 24.3 Å². The maximum Gasteiger partial charge on any atom is 0.312 e. The summed E-state index contributed by atoms with van der Waals surface area (Å²) in [6.07, 6.45) is 1.42. The lowest BCUT2D eigenvalue weighted by molar-refractivity contribution is -0.139. The van der Waals surface area contributed by atoms with Crippen molar-refractivity contribution in [2.75, 3.05) is 6.54 Å². The molecule has 0 fully saturated rings. The van der Waals surface area contributed by atoms with E-state index in [-0.39, 0.29) is 12.5 Å². The van der Waals surface area contributed by atoms with E-state index in [1.807, 2.05) is 24.3 Å². The average Bonchev–Trinajstić information content (AvgIpc) is 2.91. The Kier molecular flexibility index (Phi) is 3.55. The minimum Gasteiger partial charge on any atom is -0.481 e. The third kappa shape index (κ3) is 2.47. The first kappa shape index (κ1) is 13.9. The third-order valence-corrected chi connectivity index (χ3v) is 4.24. The number of benzene rings is 1. The quantitative estimate of drug-likeness (QED) is 0.904. The Balaban J connectivity index is 1.95. The third-order valence-electron chi connectivity index (χ3n) is 3.63. The van der Waals surface area contributed by atoms with Gasteiger partial charge in [0.25, 0.3) is 5.91 Å². The molecule has 1 aromatic carbocycles. The van der Waals surface area contributed by atoms with Gasteiger partial charge in [-0.2, -0.15) is 0 Å². The van der Waals surface area contributed by atoms with Crippen LogP contribution in [0.5, 0.6) is 0 Å². The van der Waals surface area contributed by atoms with Crippen LogP contribution < -0.4 is 0 Å². The molecule has 1 N–H and O–H groups in total. The SMILES string of the molecule is O=C(O)C1CN(C(=O)c2ccoc2Br)Cc2ccccc21. The van der Waals surface area contributed by atoms with Gasteiger partial charge in [0, 0.05) is 13.1 Å². The second-order valence-electron chi connectivity index (χ2n) is 4.88. The van der Waals surface area contributed by atoms with Gasteiger partial charge in [-0.05, 0) is 33.1 Å². The lowest BCUT2D eigenvalue weighted by Crippen LogP contribution is -2.40. The fourth-order valence-electron chi connectivity index (χ4n) is 2.59. The number of carboxylic acids is 1. The minimum atomic E-state index is -0.925. The van der Waals surface area contributed by atoms with Gasteiger partial charge in [0.05, 0.1) is 17.7 Å². The van der Waals surface area contributed by atoms with Crippen molar-refractivity contribution in [1.82, 2.24) is 4.90 Å². The van der Waals surface area contributed by atoms with Gasteiger partial charge >= 0.3 is 5.97 Å². The number of nitrogens with zero attached hydrogens (tertiary/aromatic N) is 1. The molecule has 1 aliphatic heterocycles. The molecule has 2 heterocycles. The summed E-state index contributed by atoms with van der Waals surface area (Å²) < 4.78 is 5.43. The van der Waals surface area contributed by atoms with Crippen LogP contribution in [0.4, 0.5) is 0 Å². The monoisotopic (exact) mass is 349 g/mol. The van der Waals surface area contributed by atoms with E-state index in [0.717, 1.165) is 11.1 Å². The van der Waals surface area contributed by atoms with Gasteiger partial charge in [-0.25, -0.2) is 0 Å². The lowest BCUT2D eigenvalue weighted by Gasteiger charge is -2.32. The maximum atomic E-state index is 12.5. The zero-order valence-corrected chi connectivity index (χ0v) is 12.5. The smallest absolute Gasteiger partial charge is 0.312 e. The summed E-state index contributed by atoms with van der Waals surface area (Å²) in [5.41, 5.74) is 2.04. The van der Waals surface area contributed by atoms with Crippen molar-refractivity contribution in [3.63, 3.8) is 0 Å². The molecule has 108 valence electrons. The number of carbonyl (C=O) groups excluding carboxylic acids is 1. The minimum absolute atomic E-state index is 0.156. The van der Waals surface area contributed by atoms with Crippen LogP contribution >= 0.6 is 15.9 Å². The normalized spacial score (nSPS) is 17.4. The van der Waals surface area contributed by atoms with E-state index in [0.29, 0.717) is 16.8 Å². The van der Waals surface area contributed by atoms with Crippen LogP contribution in [0.2, 0.25) is 0 Å². The first-order valence-electron chi connectivity index (χ1n) is 6.41. The Morgan fingerprint density at radius 1 is 1.29 bits per heavy atom. The fourth-order valence-corrected chi connectivity index (χ4v) is 3.00. The average molecular weight is 350 g/mol. The standard InChI is InChI=1S/C15H12BrNO4/c16-13-11(5-6-21-13)14(18)17-7-9-3-1-2-4-10(9)12(8-17)15(19)20/h1-6,12H,7-8H2,(H,19,20). The number of halogens is 1. The van der Waals surface area contributed by atoms with Crippen molar-refractivity contribution in [2.24, 2.45) is 0 Å². The van der Waals surface area contributed by atoms with Gasteiger partial charge in [-0.3, -0.25) is 9.59 Å². The number of hydrogen-bond donors (Lipinski definition) is 1. The van der Waals surface area contributed by atoms with Crippen molar-refractivity contribution in [2.45, 2.75) is 12.5 Å². The summed E-state index contributed by atoms with van der Waals surface area (Å²) in [6, 6.07) is 8.90. The lowest BCUT2D eigenvalue weighted by atomic mass is 9.89. The van der Waals surface area contributed by atoms with E-state index in [9.17, 15) is 14.7 Å². The molecular formula is C15H12BrNO4. The van der Waals surface area contributed by atoms with Gasteiger partial charge < -0.3 is 14.4 Å². The molecule has 6 heteroatoms. The number of amides is 1. The van der Waals surface area contributed by atoms with E-state index in [2.05, 4.69) is 15.9 Å². The van der Waals surface area contributed by atoms with Crippen molar-refractivity contribution < 1.29 is 19.1 Å². The zero-order chi connectivity index (χ0) is 15.0. The first-order chi connectivity index (χ1) is 10.1. The molecule has 1 aliphatic rings. The Hall–Kier alpha value is -2.08. The van der Waals surface area contributed by atoms with Crippen molar-refractivity contribution in [1.29, 1.82) is 0 Å². The van der Waals surface area contributed by atoms with Gasteiger partial charge in [0.1, 0.15) is 0 Å². The summed E-state index contributed by atoms with van der Waals surface area (Å²) in [4.78, 5) is 25.5. The van der Waals surface area contributed by atoms with Crippen molar-refractivity contribution in [3.8, 4) is 0 Å². The predicted octanol–water partition coefficient (Wildman–Crippen LogP) is 2.87.